The summed E-state index contributed by atoms with van der Waals surface area (Å²) in [5.74, 6) is 7.12. The molecule has 21 heavy (non-hydrogen) atoms. The predicted octanol–water partition coefficient (Wildman–Crippen LogP) is 4.95. The predicted molar refractivity (Wildman–Crippen MR) is 87.2 cm³/mol. The molecule has 1 heterocycles. The smallest absolute Gasteiger partial charge is 0.139 e. The van der Waals surface area contributed by atoms with E-state index in [-0.39, 0.29) is 0 Å². The number of hydrogen-bond donors (Lipinski definition) is 0. The second kappa shape index (κ2) is 8.14. The Hall–Kier alpha value is -1.40. The molecule has 2 aromatic rings. The quantitative estimate of drug-likeness (QED) is 0.580. The van der Waals surface area contributed by atoms with Gasteiger partial charge in [-0.05, 0) is 23.8 Å². The van der Waals surface area contributed by atoms with Crippen LogP contribution in [-0.2, 0) is 6.61 Å². The Morgan fingerprint density at radius 2 is 1.95 bits per heavy atom. The van der Waals surface area contributed by atoms with Crippen LogP contribution in [0.3, 0.4) is 0 Å². The van der Waals surface area contributed by atoms with E-state index in [0.29, 0.717) is 34.7 Å². The fraction of sp³-hybridized carbons (Fsp3) is 0.188. The van der Waals surface area contributed by atoms with E-state index < -0.39 is 0 Å². The van der Waals surface area contributed by atoms with Crippen molar-refractivity contribution in [3.63, 3.8) is 0 Å². The van der Waals surface area contributed by atoms with Crippen LogP contribution < -0.4 is 4.74 Å². The average Bonchev–Trinajstić information content (AvgIpc) is 2.49. The zero-order valence-corrected chi connectivity index (χ0v) is 13.3. The Kier molecular flexibility index (Phi) is 6.20. The molecule has 0 saturated carbocycles. The molecule has 0 N–H and O–H groups in total. The number of hydrogen-bond acceptors (Lipinski definition) is 2. The largest absolute Gasteiger partial charge is 0.487 e. The fourth-order valence-corrected chi connectivity index (χ4v) is 1.99. The number of alkyl halides is 1. The van der Waals surface area contributed by atoms with Gasteiger partial charge in [-0.15, -0.1) is 11.6 Å². The van der Waals surface area contributed by atoms with Crippen molar-refractivity contribution in [2.45, 2.75) is 13.0 Å². The van der Waals surface area contributed by atoms with Crippen LogP contribution in [0.5, 0.6) is 5.75 Å². The van der Waals surface area contributed by atoms with E-state index in [1.807, 2.05) is 12.1 Å². The van der Waals surface area contributed by atoms with Crippen LogP contribution in [0.25, 0.3) is 0 Å². The molecule has 0 radical (unpaired) electrons. The summed E-state index contributed by atoms with van der Waals surface area (Å²) in [6.45, 7) is 0.386. The standard InChI is InChI=1S/C16H12Cl3NO/c17-6-2-1-3-12-7-14(10-20-9-12)21-11-13-4-5-15(18)16(19)8-13/h4-5,7-10H,2,6,11H2. The highest BCUT2D eigenvalue weighted by Gasteiger charge is 2.01. The summed E-state index contributed by atoms with van der Waals surface area (Å²) in [5, 5.41) is 1.04. The van der Waals surface area contributed by atoms with Crippen molar-refractivity contribution < 1.29 is 4.74 Å². The van der Waals surface area contributed by atoms with Gasteiger partial charge in [0.15, 0.2) is 0 Å². The number of pyridine rings is 1. The topological polar surface area (TPSA) is 22.1 Å². The van der Waals surface area contributed by atoms with Crippen LogP contribution in [0.4, 0.5) is 0 Å². The molecule has 5 heteroatoms. The van der Waals surface area contributed by atoms with E-state index in [1.54, 1.807) is 24.5 Å². The molecule has 0 aliphatic rings. The average molecular weight is 341 g/mol. The highest BCUT2D eigenvalue weighted by Crippen LogP contribution is 2.23. The molecule has 1 aromatic carbocycles. The maximum Gasteiger partial charge on any atom is 0.139 e. The second-order valence-electron chi connectivity index (χ2n) is 4.19. The van der Waals surface area contributed by atoms with Gasteiger partial charge in [0, 0.05) is 24.1 Å². The molecule has 0 amide bonds. The zero-order valence-electron chi connectivity index (χ0n) is 11.1. The molecule has 2 rings (SSSR count). The Labute approximate surface area is 139 Å². The Balaban J connectivity index is 2.01. The first-order valence-corrected chi connectivity index (χ1v) is 7.54. The minimum Gasteiger partial charge on any atom is -0.487 e. The molecule has 0 fully saturated rings. The molecular formula is C16H12Cl3NO. The summed E-state index contributed by atoms with van der Waals surface area (Å²) in [7, 11) is 0. The van der Waals surface area contributed by atoms with E-state index in [9.17, 15) is 0 Å². The summed E-state index contributed by atoms with van der Waals surface area (Å²) in [6.07, 6.45) is 3.98. The first kappa shape index (κ1) is 16.0. The lowest BCUT2D eigenvalue weighted by molar-refractivity contribution is 0.305. The van der Waals surface area contributed by atoms with E-state index >= 15 is 0 Å². The highest BCUT2D eigenvalue weighted by atomic mass is 35.5. The van der Waals surface area contributed by atoms with Crippen molar-refractivity contribution in [3.05, 3.63) is 57.8 Å². The van der Waals surface area contributed by atoms with Crippen LogP contribution >= 0.6 is 34.8 Å². The molecule has 0 aliphatic carbocycles. The lowest BCUT2D eigenvalue weighted by atomic mass is 10.2. The van der Waals surface area contributed by atoms with Crippen molar-refractivity contribution in [2.75, 3.05) is 5.88 Å². The normalized spacial score (nSPS) is 9.86. The Morgan fingerprint density at radius 1 is 1.10 bits per heavy atom. The van der Waals surface area contributed by atoms with Crippen LogP contribution in [0.1, 0.15) is 17.5 Å². The molecule has 0 saturated heterocycles. The van der Waals surface area contributed by atoms with Crippen molar-refractivity contribution in [1.29, 1.82) is 0 Å². The monoisotopic (exact) mass is 339 g/mol. The number of ether oxygens (including phenoxy) is 1. The number of benzene rings is 1. The van der Waals surface area contributed by atoms with Crippen LogP contribution in [0.2, 0.25) is 10.0 Å². The first-order chi connectivity index (χ1) is 10.2. The minimum absolute atomic E-state index is 0.386. The van der Waals surface area contributed by atoms with Gasteiger partial charge < -0.3 is 4.74 Å². The number of halogens is 3. The number of nitrogens with zero attached hydrogens (tertiary/aromatic N) is 1. The first-order valence-electron chi connectivity index (χ1n) is 6.25. The van der Waals surface area contributed by atoms with Gasteiger partial charge in [-0.3, -0.25) is 4.98 Å². The summed E-state index contributed by atoms with van der Waals surface area (Å²) in [6, 6.07) is 7.23. The van der Waals surface area contributed by atoms with Gasteiger partial charge in [-0.1, -0.05) is 41.1 Å². The lowest BCUT2D eigenvalue weighted by Gasteiger charge is -2.07. The molecular weight excluding hydrogens is 329 g/mol. The van der Waals surface area contributed by atoms with Gasteiger partial charge in [0.25, 0.3) is 0 Å². The molecule has 0 atom stereocenters. The highest BCUT2D eigenvalue weighted by molar-refractivity contribution is 6.42. The van der Waals surface area contributed by atoms with Gasteiger partial charge >= 0.3 is 0 Å². The van der Waals surface area contributed by atoms with Crippen LogP contribution in [0.15, 0.2) is 36.7 Å². The van der Waals surface area contributed by atoms with E-state index in [0.717, 1.165) is 11.1 Å². The molecule has 0 unspecified atom stereocenters. The summed E-state index contributed by atoms with van der Waals surface area (Å²) in [4.78, 5) is 4.10. The van der Waals surface area contributed by atoms with Crippen LogP contribution in [-0.4, -0.2) is 10.9 Å². The van der Waals surface area contributed by atoms with Gasteiger partial charge in [0.1, 0.15) is 12.4 Å². The van der Waals surface area contributed by atoms with Crippen molar-refractivity contribution in [1.82, 2.24) is 4.98 Å². The summed E-state index contributed by atoms with van der Waals surface area (Å²) < 4.78 is 5.68. The zero-order chi connectivity index (χ0) is 15.1. The van der Waals surface area contributed by atoms with Crippen LogP contribution in [0, 0.1) is 11.8 Å². The maximum atomic E-state index is 5.96. The van der Waals surface area contributed by atoms with E-state index in [2.05, 4.69) is 16.8 Å². The molecule has 108 valence electrons. The van der Waals surface area contributed by atoms with Gasteiger partial charge in [-0.25, -0.2) is 0 Å². The lowest BCUT2D eigenvalue weighted by Crippen LogP contribution is -1.96. The van der Waals surface area contributed by atoms with Gasteiger partial charge in [0.2, 0.25) is 0 Å². The third kappa shape index (κ3) is 5.13. The fourth-order valence-electron chi connectivity index (χ4n) is 1.57. The van der Waals surface area contributed by atoms with E-state index in [4.69, 9.17) is 39.5 Å². The van der Waals surface area contributed by atoms with Crippen molar-refractivity contribution in [2.24, 2.45) is 0 Å². The molecule has 0 aliphatic heterocycles. The maximum absolute atomic E-state index is 5.96. The third-order valence-electron chi connectivity index (χ3n) is 2.55. The summed E-state index contributed by atoms with van der Waals surface area (Å²) >= 11 is 17.4. The Bertz CT molecular complexity index is 677. The SMILES string of the molecule is ClCCC#Cc1cncc(OCc2ccc(Cl)c(Cl)c2)c1. The third-order valence-corrected chi connectivity index (χ3v) is 3.48. The number of rotatable bonds is 4. The number of aromatic nitrogens is 1. The Morgan fingerprint density at radius 3 is 2.71 bits per heavy atom. The molecule has 0 spiro atoms. The molecule has 1 aromatic heterocycles. The van der Waals surface area contributed by atoms with Crippen molar-refractivity contribution >= 4 is 34.8 Å². The minimum atomic E-state index is 0.386. The van der Waals surface area contributed by atoms with E-state index in [1.165, 1.54) is 0 Å². The molecule has 2 nitrogen and oxygen atoms in total. The van der Waals surface area contributed by atoms with Gasteiger partial charge in [-0.2, -0.15) is 0 Å². The summed E-state index contributed by atoms with van der Waals surface area (Å²) in [5.41, 5.74) is 1.73. The second-order valence-corrected chi connectivity index (χ2v) is 5.38. The molecule has 0 bridgehead atoms. The van der Waals surface area contributed by atoms with Gasteiger partial charge in [0.05, 0.1) is 16.2 Å². The van der Waals surface area contributed by atoms with Crippen molar-refractivity contribution in [3.8, 4) is 17.6 Å².